The van der Waals surface area contributed by atoms with E-state index in [-0.39, 0.29) is 6.04 Å². The van der Waals surface area contributed by atoms with Crippen molar-refractivity contribution in [3.05, 3.63) is 29.2 Å². The van der Waals surface area contributed by atoms with Crippen LogP contribution < -0.4 is 5.73 Å². The molecule has 0 aliphatic carbocycles. The molecule has 0 aliphatic heterocycles. The van der Waals surface area contributed by atoms with E-state index < -0.39 is 0 Å². The summed E-state index contributed by atoms with van der Waals surface area (Å²) in [6.45, 7) is 6.17. The number of oxazole rings is 1. The third-order valence-electron chi connectivity index (χ3n) is 2.91. The molecule has 3 nitrogen and oxygen atoms in total. The molecule has 17 heavy (non-hydrogen) atoms. The molecule has 0 spiro atoms. The summed E-state index contributed by atoms with van der Waals surface area (Å²) in [5.41, 5.74) is 10.0. The van der Waals surface area contributed by atoms with Gasteiger partial charge in [-0.25, -0.2) is 4.98 Å². The van der Waals surface area contributed by atoms with Crippen LogP contribution in [0.5, 0.6) is 0 Å². The summed E-state index contributed by atoms with van der Waals surface area (Å²) in [5.74, 6) is 0.828. The van der Waals surface area contributed by atoms with E-state index in [0.717, 1.165) is 41.8 Å². The monoisotopic (exact) mass is 232 g/mol. The molecule has 1 atom stereocenters. The van der Waals surface area contributed by atoms with Gasteiger partial charge in [0, 0.05) is 12.5 Å². The molecule has 1 aromatic heterocycles. The molecule has 0 saturated carbocycles. The summed E-state index contributed by atoms with van der Waals surface area (Å²) in [6.07, 6.45) is 2.91. The van der Waals surface area contributed by atoms with Gasteiger partial charge in [-0.05, 0) is 50.8 Å². The SMILES string of the molecule is Cc1cc(C)c2oc(CCCC(C)N)nc2c1. The van der Waals surface area contributed by atoms with E-state index in [9.17, 15) is 0 Å². The first kappa shape index (κ1) is 12.1. The van der Waals surface area contributed by atoms with Crippen LogP contribution >= 0.6 is 0 Å². The molecule has 2 aromatic rings. The molecule has 1 aromatic carbocycles. The minimum Gasteiger partial charge on any atom is -0.440 e. The van der Waals surface area contributed by atoms with E-state index in [2.05, 4.69) is 31.0 Å². The minimum absolute atomic E-state index is 0.253. The second-order valence-electron chi connectivity index (χ2n) is 4.91. The summed E-state index contributed by atoms with van der Waals surface area (Å²) in [5, 5.41) is 0. The molecule has 1 heterocycles. The molecule has 0 aliphatic rings. The molecular weight excluding hydrogens is 212 g/mol. The number of aryl methyl sites for hydroxylation is 3. The molecule has 3 heteroatoms. The van der Waals surface area contributed by atoms with Crippen molar-refractivity contribution in [2.24, 2.45) is 5.73 Å². The average molecular weight is 232 g/mol. The number of nitrogens with two attached hydrogens (primary N) is 1. The maximum Gasteiger partial charge on any atom is 0.195 e. The van der Waals surface area contributed by atoms with E-state index in [1.54, 1.807) is 0 Å². The van der Waals surface area contributed by atoms with Crippen LogP contribution in [0.4, 0.5) is 0 Å². The Morgan fingerprint density at radius 2 is 2.12 bits per heavy atom. The van der Waals surface area contributed by atoms with Gasteiger partial charge in [-0.3, -0.25) is 0 Å². The van der Waals surface area contributed by atoms with Gasteiger partial charge < -0.3 is 10.2 Å². The first-order valence-corrected chi connectivity index (χ1v) is 6.18. The smallest absolute Gasteiger partial charge is 0.195 e. The van der Waals surface area contributed by atoms with Crippen LogP contribution in [-0.4, -0.2) is 11.0 Å². The zero-order chi connectivity index (χ0) is 12.4. The van der Waals surface area contributed by atoms with Crippen molar-refractivity contribution in [2.75, 3.05) is 0 Å². The van der Waals surface area contributed by atoms with Crippen LogP contribution in [-0.2, 0) is 6.42 Å². The molecule has 0 fully saturated rings. The fourth-order valence-corrected chi connectivity index (χ4v) is 2.10. The summed E-state index contributed by atoms with van der Waals surface area (Å²) in [6, 6.07) is 4.45. The van der Waals surface area contributed by atoms with Gasteiger partial charge in [-0.1, -0.05) is 6.07 Å². The Morgan fingerprint density at radius 1 is 1.35 bits per heavy atom. The Morgan fingerprint density at radius 3 is 2.82 bits per heavy atom. The van der Waals surface area contributed by atoms with Crippen molar-refractivity contribution in [3.63, 3.8) is 0 Å². The predicted molar refractivity (Wildman–Crippen MR) is 70.1 cm³/mol. The molecule has 2 N–H and O–H groups in total. The lowest BCUT2D eigenvalue weighted by molar-refractivity contribution is 0.502. The Kier molecular flexibility index (Phi) is 3.48. The summed E-state index contributed by atoms with van der Waals surface area (Å²) >= 11 is 0. The molecule has 0 bridgehead atoms. The standard InChI is InChI=1S/C14H20N2O/c1-9-7-10(2)14-12(8-9)16-13(17-14)6-4-5-11(3)15/h7-8,11H,4-6,15H2,1-3H3. The van der Waals surface area contributed by atoms with Crippen LogP contribution in [0.2, 0.25) is 0 Å². The van der Waals surface area contributed by atoms with Crippen molar-refractivity contribution in [2.45, 2.75) is 46.1 Å². The number of fused-ring (bicyclic) bond motifs is 1. The van der Waals surface area contributed by atoms with Crippen molar-refractivity contribution in [3.8, 4) is 0 Å². The van der Waals surface area contributed by atoms with Crippen LogP contribution in [0.3, 0.4) is 0 Å². The maximum absolute atomic E-state index is 5.78. The predicted octanol–water partition coefficient (Wildman–Crippen LogP) is 3.11. The second-order valence-corrected chi connectivity index (χ2v) is 4.91. The Labute approximate surface area is 102 Å². The molecule has 0 radical (unpaired) electrons. The highest BCUT2D eigenvalue weighted by Crippen LogP contribution is 2.22. The molecular formula is C14H20N2O. The van der Waals surface area contributed by atoms with E-state index in [1.807, 2.05) is 6.92 Å². The van der Waals surface area contributed by atoms with Crippen molar-refractivity contribution in [1.82, 2.24) is 4.98 Å². The number of hydrogen-bond donors (Lipinski definition) is 1. The minimum atomic E-state index is 0.253. The molecule has 0 amide bonds. The number of nitrogens with zero attached hydrogens (tertiary/aromatic N) is 1. The van der Waals surface area contributed by atoms with Crippen LogP contribution in [0.1, 0.15) is 36.8 Å². The maximum atomic E-state index is 5.78. The quantitative estimate of drug-likeness (QED) is 0.881. The van der Waals surface area contributed by atoms with Gasteiger partial charge in [0.05, 0.1) is 0 Å². The van der Waals surface area contributed by atoms with E-state index in [1.165, 1.54) is 5.56 Å². The third kappa shape index (κ3) is 2.86. The van der Waals surface area contributed by atoms with Crippen LogP contribution in [0, 0.1) is 13.8 Å². The van der Waals surface area contributed by atoms with Crippen molar-refractivity contribution in [1.29, 1.82) is 0 Å². The average Bonchev–Trinajstić information content (AvgIpc) is 2.60. The van der Waals surface area contributed by atoms with Gasteiger partial charge >= 0.3 is 0 Å². The molecule has 2 rings (SSSR count). The van der Waals surface area contributed by atoms with Gasteiger partial charge in [-0.2, -0.15) is 0 Å². The van der Waals surface area contributed by atoms with Gasteiger partial charge in [0.2, 0.25) is 0 Å². The molecule has 92 valence electrons. The van der Waals surface area contributed by atoms with Gasteiger partial charge in [-0.15, -0.1) is 0 Å². The summed E-state index contributed by atoms with van der Waals surface area (Å²) in [4.78, 5) is 4.52. The Hall–Kier alpha value is -1.35. The van der Waals surface area contributed by atoms with Gasteiger partial charge in [0.1, 0.15) is 5.52 Å². The van der Waals surface area contributed by atoms with Gasteiger partial charge in [0.15, 0.2) is 11.5 Å². The highest BCUT2D eigenvalue weighted by atomic mass is 16.3. The fourth-order valence-electron chi connectivity index (χ4n) is 2.10. The number of benzene rings is 1. The highest BCUT2D eigenvalue weighted by Gasteiger charge is 2.08. The highest BCUT2D eigenvalue weighted by molar-refractivity contribution is 5.77. The fraction of sp³-hybridized carbons (Fsp3) is 0.500. The van der Waals surface area contributed by atoms with E-state index in [0.29, 0.717) is 0 Å². The normalized spacial score (nSPS) is 13.2. The second kappa shape index (κ2) is 4.88. The van der Waals surface area contributed by atoms with Crippen LogP contribution in [0.25, 0.3) is 11.1 Å². The van der Waals surface area contributed by atoms with Gasteiger partial charge in [0.25, 0.3) is 0 Å². The lowest BCUT2D eigenvalue weighted by Gasteiger charge is -2.01. The van der Waals surface area contributed by atoms with Crippen molar-refractivity contribution >= 4 is 11.1 Å². The van der Waals surface area contributed by atoms with E-state index in [4.69, 9.17) is 10.2 Å². The largest absolute Gasteiger partial charge is 0.440 e. The van der Waals surface area contributed by atoms with Crippen LogP contribution in [0.15, 0.2) is 16.5 Å². The summed E-state index contributed by atoms with van der Waals surface area (Å²) in [7, 11) is 0. The topological polar surface area (TPSA) is 52.0 Å². The molecule has 1 unspecified atom stereocenters. The number of hydrogen-bond acceptors (Lipinski definition) is 3. The lowest BCUT2D eigenvalue weighted by atomic mass is 10.1. The summed E-state index contributed by atoms with van der Waals surface area (Å²) < 4.78 is 5.78. The van der Waals surface area contributed by atoms with E-state index >= 15 is 0 Å². The Balaban J connectivity index is 2.17. The number of aromatic nitrogens is 1. The zero-order valence-electron chi connectivity index (χ0n) is 10.8. The number of rotatable bonds is 4. The third-order valence-corrected chi connectivity index (χ3v) is 2.91. The Bertz CT molecular complexity index is 514. The zero-order valence-corrected chi connectivity index (χ0v) is 10.8. The lowest BCUT2D eigenvalue weighted by Crippen LogP contribution is -2.14. The first-order chi connectivity index (χ1) is 8.06. The first-order valence-electron chi connectivity index (χ1n) is 6.18. The van der Waals surface area contributed by atoms with Crippen molar-refractivity contribution < 1.29 is 4.42 Å². The molecule has 0 saturated heterocycles.